The molecule has 0 aromatic heterocycles. The highest BCUT2D eigenvalue weighted by Crippen LogP contribution is 2.50. The van der Waals surface area contributed by atoms with Crippen LogP contribution in [-0.2, 0) is 21.6 Å². The predicted molar refractivity (Wildman–Crippen MR) is 322 cm³/mol. The lowest BCUT2D eigenvalue weighted by molar-refractivity contribution is -0.138. The summed E-state index contributed by atoms with van der Waals surface area (Å²) in [6.07, 6.45) is -2.56. The Morgan fingerprint density at radius 2 is 1.10 bits per heavy atom. The van der Waals surface area contributed by atoms with Gasteiger partial charge in [-0.3, -0.25) is 4.55 Å². The van der Waals surface area contributed by atoms with Crippen molar-refractivity contribution in [2.24, 2.45) is 35.7 Å². The molecule has 0 amide bonds. The molecular formula is C58H44Cl3N7O21S. The van der Waals surface area contributed by atoms with Gasteiger partial charge in [0.15, 0.2) is 53.2 Å². The molecule has 0 aliphatic carbocycles. The Balaban J connectivity index is 1.23. The van der Waals surface area contributed by atoms with Gasteiger partial charge in [0, 0.05) is 35.2 Å². The standard InChI is InChI=1S/C58H44Cl3N7O21S/c59-31-7-20-1-4-36(31)87-40-15-25-16-41(51(40)74)88-37-5-3-22(12-32(37)60)49(72)48-57(80)67-47(58(81)82)29-18-27(70)19-35(71)42(29)30-11-24(13-33(61)50(30)73)45(56(79)68-48)65-55(78)46(25)66-54(77)44-23-9-26(69)17-28(10-23)86-39-14-21(2-6-38(39)89-90(83,84)85)43(62)53(76)63-34(8-20)52(75)64-44/h1-7,9-19,34,43-49,69-74H,8,62H2,(H,63,76)(H,64,75)(H,65,78)(H,66,77)(H,67,80)(H,68,79)(H,81,82)(H,83,84,85)/t34-,43-,44?,45-,46-,47-,48+,49-/m1/s1. The second kappa shape index (κ2) is 23.7. The highest BCUT2D eigenvalue weighted by molar-refractivity contribution is 7.81. The topological polar surface area (TPSA) is 472 Å². The van der Waals surface area contributed by atoms with Crippen molar-refractivity contribution in [1.29, 1.82) is 0 Å². The summed E-state index contributed by atoms with van der Waals surface area (Å²) < 4.78 is 57.0. The summed E-state index contributed by atoms with van der Waals surface area (Å²) in [5.74, 6) is -15.9. The lowest BCUT2D eigenvalue weighted by Gasteiger charge is -2.25. The molecule has 17 bridgehead atoms. The molecule has 0 spiro atoms. The first-order valence-corrected chi connectivity index (χ1v) is 28.6. The SMILES string of the molecule is N[C@H]1C(O)=N[C@@H]2Cc3ccc(c(Cl)c3)Oc3cc4cc(c3O)Oc3ccc(cc3Cl)[C@@H](O)[C@@H]3N=C(O)[C@H](N=C(O)[C@@H]4N=C(O)C(N=C2O)c2cc(O)cc(c2)Oc2cc1ccc2OS(=O)(=O)O)c1cc(Cl)c(O)c(c1)-c1c(O)cc(O)cc1[C@H](C(=O)O)N=C3O. The third-order valence-corrected chi connectivity index (χ3v) is 15.6. The van der Waals surface area contributed by atoms with E-state index in [2.05, 4.69) is 30.0 Å². The summed E-state index contributed by atoms with van der Waals surface area (Å²) in [7, 11) is -5.25. The number of nitrogens with zero attached hydrogens (tertiary/aromatic N) is 6. The van der Waals surface area contributed by atoms with Crippen LogP contribution >= 0.6 is 34.8 Å². The second-order valence-electron chi connectivity index (χ2n) is 20.4. The maximum atomic E-state index is 13.1. The molecule has 32 heteroatoms. The average molecular weight is 1310 g/mol. The van der Waals surface area contributed by atoms with E-state index in [0.29, 0.717) is 0 Å². The van der Waals surface area contributed by atoms with Crippen molar-refractivity contribution in [2.45, 2.75) is 54.8 Å². The molecule has 6 heterocycles. The normalized spacial score (nSPS) is 21.6. The third kappa shape index (κ3) is 12.2. The summed E-state index contributed by atoms with van der Waals surface area (Å²) in [5, 5.41) is 153. The van der Waals surface area contributed by atoms with Crippen molar-refractivity contribution < 1.29 is 103 Å². The summed E-state index contributed by atoms with van der Waals surface area (Å²) in [5.41, 5.74) is 3.69. The number of ether oxygens (including phenoxy) is 3. The molecule has 13 rings (SSSR count). The van der Waals surface area contributed by atoms with Crippen LogP contribution in [0.2, 0.25) is 15.1 Å². The minimum absolute atomic E-state index is 0.0195. The lowest BCUT2D eigenvalue weighted by atomic mass is 9.90. The molecule has 90 heavy (non-hydrogen) atoms. The molecule has 28 nitrogen and oxygen atoms in total. The van der Waals surface area contributed by atoms with E-state index in [-0.39, 0.29) is 49.4 Å². The lowest BCUT2D eigenvalue weighted by Crippen LogP contribution is -2.31. The number of phenols is 5. The number of aliphatic hydroxyl groups excluding tert-OH is 7. The highest BCUT2D eigenvalue weighted by Gasteiger charge is 2.38. The Hall–Kier alpha value is -10.3. The number of nitrogens with two attached hydrogens (primary N) is 1. The number of carboxylic acid groups (broad SMARTS) is 1. The molecule has 8 atom stereocenters. The Labute approximate surface area is 520 Å². The number of aliphatic carboxylic acids is 1. The minimum Gasteiger partial charge on any atom is -0.508 e. The van der Waals surface area contributed by atoms with Gasteiger partial charge in [-0.25, -0.2) is 34.7 Å². The summed E-state index contributed by atoms with van der Waals surface area (Å²) in [4.78, 5) is 38.8. The van der Waals surface area contributed by atoms with Gasteiger partial charge < -0.3 is 90.5 Å². The van der Waals surface area contributed by atoms with Gasteiger partial charge in [-0.05, 0) is 112 Å². The number of aromatic hydroxyl groups is 5. The fourth-order valence-corrected chi connectivity index (χ4v) is 11.2. The largest absolute Gasteiger partial charge is 0.508 e. The van der Waals surface area contributed by atoms with Crippen LogP contribution in [0, 0.1) is 0 Å². The van der Waals surface area contributed by atoms with Crippen molar-refractivity contribution in [3.63, 3.8) is 0 Å². The summed E-state index contributed by atoms with van der Waals surface area (Å²) >= 11 is 20.4. The van der Waals surface area contributed by atoms with Crippen LogP contribution in [0.4, 0.5) is 0 Å². The zero-order chi connectivity index (χ0) is 64.5. The monoisotopic (exact) mass is 1310 g/mol. The van der Waals surface area contributed by atoms with Gasteiger partial charge in [-0.15, -0.1) is 0 Å². The van der Waals surface area contributed by atoms with Gasteiger partial charge in [0.2, 0.25) is 41.1 Å². The van der Waals surface area contributed by atoms with E-state index in [1.165, 1.54) is 36.4 Å². The Morgan fingerprint density at radius 3 is 1.73 bits per heavy atom. The van der Waals surface area contributed by atoms with Gasteiger partial charge in [0.05, 0.1) is 15.1 Å². The molecular weight excluding hydrogens is 1270 g/mol. The van der Waals surface area contributed by atoms with E-state index in [9.17, 15) is 84.1 Å². The molecule has 0 saturated heterocycles. The zero-order valence-corrected chi connectivity index (χ0v) is 48.2. The number of aliphatic imine (C=N–C) groups is 6. The highest BCUT2D eigenvalue weighted by atomic mass is 35.5. The van der Waals surface area contributed by atoms with E-state index < -0.39 is 191 Å². The Kier molecular flexibility index (Phi) is 16.2. The molecule has 6 aliphatic heterocycles. The molecule has 16 N–H and O–H groups in total. The van der Waals surface area contributed by atoms with Crippen LogP contribution in [0.1, 0.15) is 75.3 Å². The van der Waals surface area contributed by atoms with E-state index in [0.717, 1.165) is 72.8 Å². The fraction of sp³-hybridized carbons (Fsp3) is 0.155. The number of hydrogen-bond donors (Lipinski definition) is 15. The number of carboxylic acids is 1. The molecule has 0 radical (unpaired) electrons. The van der Waals surface area contributed by atoms with Crippen LogP contribution in [-0.4, -0.2) is 133 Å². The maximum Gasteiger partial charge on any atom is 0.446 e. The zero-order valence-electron chi connectivity index (χ0n) is 45.1. The van der Waals surface area contributed by atoms with Crippen LogP contribution in [0.5, 0.6) is 69.0 Å². The minimum atomic E-state index is -5.25. The van der Waals surface area contributed by atoms with Gasteiger partial charge >= 0.3 is 16.4 Å². The number of hydrogen-bond acceptors (Lipinski definition) is 20. The Bertz CT molecular complexity index is 4490. The smallest absolute Gasteiger partial charge is 0.446 e. The van der Waals surface area contributed by atoms with Crippen molar-refractivity contribution in [3.8, 4) is 80.1 Å². The fourth-order valence-electron chi connectivity index (χ4n) is 10.1. The molecule has 464 valence electrons. The Morgan fingerprint density at radius 1 is 0.533 bits per heavy atom. The molecule has 1 unspecified atom stereocenters. The van der Waals surface area contributed by atoms with Crippen LogP contribution in [0.25, 0.3) is 11.1 Å². The van der Waals surface area contributed by atoms with Crippen LogP contribution < -0.4 is 24.1 Å². The van der Waals surface area contributed by atoms with Crippen LogP contribution in [0.3, 0.4) is 0 Å². The third-order valence-electron chi connectivity index (χ3n) is 14.3. The molecule has 6 aliphatic rings. The van der Waals surface area contributed by atoms with E-state index in [1.54, 1.807) is 0 Å². The van der Waals surface area contributed by atoms with Gasteiger partial charge in [-0.2, -0.15) is 8.42 Å². The van der Waals surface area contributed by atoms with Crippen molar-refractivity contribution in [2.75, 3.05) is 0 Å². The number of phenolic OH excluding ortho intramolecular Hbond substituents is 5. The molecule has 0 saturated carbocycles. The van der Waals surface area contributed by atoms with E-state index in [1.807, 2.05) is 0 Å². The quantitative estimate of drug-likeness (QED) is 0.0731. The molecule has 7 aromatic rings. The number of carbonyl (C=O) groups is 1. The first-order valence-electron chi connectivity index (χ1n) is 26.1. The van der Waals surface area contributed by atoms with Crippen LogP contribution in [0.15, 0.2) is 139 Å². The number of rotatable bonds is 3. The number of benzene rings is 7. The number of fused-ring (bicyclic) bond motifs is 12. The predicted octanol–water partition coefficient (Wildman–Crippen LogP) is 10.2. The van der Waals surface area contributed by atoms with Crippen molar-refractivity contribution >= 4 is 86.6 Å². The summed E-state index contributed by atoms with van der Waals surface area (Å²) in [6, 6.07) is 5.15. The van der Waals surface area contributed by atoms with Crippen molar-refractivity contribution in [3.05, 3.63) is 163 Å². The first kappa shape index (κ1) is 61.4. The number of halogens is 3. The van der Waals surface area contributed by atoms with Gasteiger partial charge in [0.1, 0.15) is 58.4 Å². The maximum absolute atomic E-state index is 13.1. The number of aliphatic hydroxyl groups is 7. The average Bonchev–Trinajstić information content (AvgIpc) is 0.775. The summed E-state index contributed by atoms with van der Waals surface area (Å²) in [6.45, 7) is 0. The van der Waals surface area contributed by atoms with E-state index in [4.69, 9.17) is 58.9 Å². The van der Waals surface area contributed by atoms with Crippen molar-refractivity contribution in [1.82, 2.24) is 0 Å². The molecule has 0 fully saturated rings. The van der Waals surface area contributed by atoms with Gasteiger partial charge in [0.25, 0.3) is 0 Å². The van der Waals surface area contributed by atoms with Gasteiger partial charge in [-0.1, -0.05) is 53.0 Å². The van der Waals surface area contributed by atoms with E-state index >= 15 is 0 Å². The second-order valence-corrected chi connectivity index (χ2v) is 22.6. The first-order chi connectivity index (χ1) is 42.6. The molecule has 7 aromatic carbocycles.